The summed E-state index contributed by atoms with van der Waals surface area (Å²) in [6, 6.07) is 15.1. The minimum absolute atomic E-state index is 0.0639. The van der Waals surface area contributed by atoms with Crippen molar-refractivity contribution in [3.8, 4) is 0 Å². The van der Waals surface area contributed by atoms with Gasteiger partial charge in [0, 0.05) is 18.9 Å². The van der Waals surface area contributed by atoms with Gasteiger partial charge in [-0.05, 0) is 36.6 Å². The average molecular weight is 367 g/mol. The quantitative estimate of drug-likeness (QED) is 0.464. The largest absolute Gasteiger partial charge is 0.452 e. The van der Waals surface area contributed by atoms with Gasteiger partial charge >= 0.3 is 5.97 Å². The number of amides is 1. The summed E-state index contributed by atoms with van der Waals surface area (Å²) in [4.78, 5) is 23.7. The minimum atomic E-state index is -0.666. The Morgan fingerprint density at radius 3 is 2.74 bits per heavy atom. The van der Waals surface area contributed by atoms with Gasteiger partial charge in [0.2, 0.25) is 5.76 Å². The number of benzene rings is 1. The molecule has 0 atom stereocenters. The molecule has 0 saturated heterocycles. The van der Waals surface area contributed by atoms with Crippen molar-refractivity contribution < 1.29 is 18.7 Å². The van der Waals surface area contributed by atoms with Gasteiger partial charge in [-0.15, -0.1) is 0 Å². The molecule has 0 aliphatic heterocycles. The molecule has 7 heteroatoms. The van der Waals surface area contributed by atoms with E-state index in [-0.39, 0.29) is 18.3 Å². The van der Waals surface area contributed by atoms with Crippen molar-refractivity contribution >= 4 is 11.9 Å². The number of rotatable bonds is 9. The second kappa shape index (κ2) is 9.38. The molecule has 1 aromatic carbocycles. The first-order chi connectivity index (χ1) is 13.2. The molecule has 1 N–H and O–H groups in total. The Balaban J connectivity index is 1.34. The summed E-state index contributed by atoms with van der Waals surface area (Å²) in [5.74, 6) is -0.356. The fourth-order valence-corrected chi connectivity index (χ4v) is 2.54. The lowest BCUT2D eigenvalue weighted by Gasteiger charge is -2.06. The van der Waals surface area contributed by atoms with E-state index in [1.54, 1.807) is 29.2 Å². The van der Waals surface area contributed by atoms with Crippen LogP contribution in [0, 0.1) is 0 Å². The second-order valence-electron chi connectivity index (χ2n) is 5.98. The Hall–Kier alpha value is -3.35. The maximum absolute atomic E-state index is 12.0. The van der Waals surface area contributed by atoms with E-state index in [2.05, 4.69) is 10.4 Å². The van der Waals surface area contributed by atoms with Gasteiger partial charge in [0.05, 0.1) is 6.54 Å². The maximum Gasteiger partial charge on any atom is 0.374 e. The molecule has 0 aliphatic carbocycles. The molecule has 0 saturated carbocycles. The molecule has 0 aliphatic rings. The average Bonchev–Trinajstić information content (AvgIpc) is 3.37. The molecule has 0 spiro atoms. The molecule has 2 aromatic heterocycles. The highest BCUT2D eigenvalue weighted by molar-refractivity contribution is 5.88. The number of ether oxygens (including phenoxy) is 1. The fraction of sp³-hybridized carbons (Fsp3) is 0.250. The normalized spacial score (nSPS) is 10.5. The van der Waals surface area contributed by atoms with E-state index in [0.717, 1.165) is 12.8 Å². The van der Waals surface area contributed by atoms with Crippen LogP contribution in [0.4, 0.5) is 0 Å². The van der Waals surface area contributed by atoms with Crippen molar-refractivity contribution in [3.05, 3.63) is 78.0 Å². The third kappa shape index (κ3) is 5.85. The second-order valence-corrected chi connectivity index (χ2v) is 5.98. The standard InChI is InChI=1S/C20H21N3O4/c24-19(21-11-4-8-16-6-2-1-3-7-16)15-26-20(25)18-10-9-17(27-18)14-23-13-5-12-22-23/h1-3,5-7,9-10,12-13H,4,8,11,14-15H2,(H,21,24). The summed E-state index contributed by atoms with van der Waals surface area (Å²) in [6.45, 7) is 0.613. The molecule has 3 rings (SSSR count). The van der Waals surface area contributed by atoms with Crippen LogP contribution in [0.1, 0.15) is 28.3 Å². The first-order valence-corrected chi connectivity index (χ1v) is 8.74. The van der Waals surface area contributed by atoms with E-state index in [9.17, 15) is 9.59 Å². The highest BCUT2D eigenvalue weighted by Gasteiger charge is 2.14. The molecular weight excluding hydrogens is 346 g/mol. The van der Waals surface area contributed by atoms with Crippen molar-refractivity contribution in [2.45, 2.75) is 19.4 Å². The molecule has 3 aromatic rings. The fourth-order valence-electron chi connectivity index (χ4n) is 2.54. The van der Waals surface area contributed by atoms with Crippen LogP contribution >= 0.6 is 0 Å². The molecule has 1 amide bonds. The first-order valence-electron chi connectivity index (χ1n) is 8.74. The SMILES string of the molecule is O=C(COC(=O)c1ccc(Cn2cccn2)o1)NCCCc1ccccc1. The summed E-state index contributed by atoms with van der Waals surface area (Å²) >= 11 is 0. The van der Waals surface area contributed by atoms with Crippen molar-refractivity contribution in [1.82, 2.24) is 15.1 Å². The zero-order valence-corrected chi connectivity index (χ0v) is 14.8. The molecular formula is C20H21N3O4. The van der Waals surface area contributed by atoms with Crippen LogP contribution < -0.4 is 5.32 Å². The number of esters is 1. The van der Waals surface area contributed by atoms with E-state index in [1.807, 2.05) is 30.3 Å². The summed E-state index contributed by atoms with van der Waals surface area (Å²) in [5.41, 5.74) is 1.22. The lowest BCUT2D eigenvalue weighted by molar-refractivity contribution is -0.124. The van der Waals surface area contributed by atoms with Gasteiger partial charge in [0.25, 0.3) is 5.91 Å². The topological polar surface area (TPSA) is 86.4 Å². The zero-order chi connectivity index (χ0) is 18.9. The number of carbonyl (C=O) groups is 2. The molecule has 2 heterocycles. The summed E-state index contributed by atoms with van der Waals surface area (Å²) < 4.78 is 12.1. The van der Waals surface area contributed by atoms with Gasteiger partial charge in [-0.1, -0.05) is 30.3 Å². The number of hydrogen-bond donors (Lipinski definition) is 1. The van der Waals surface area contributed by atoms with E-state index in [1.165, 1.54) is 11.6 Å². The number of nitrogens with one attached hydrogen (secondary N) is 1. The predicted molar refractivity (Wildman–Crippen MR) is 98.1 cm³/mol. The van der Waals surface area contributed by atoms with E-state index in [0.29, 0.717) is 18.8 Å². The van der Waals surface area contributed by atoms with E-state index in [4.69, 9.17) is 9.15 Å². The molecule has 7 nitrogen and oxygen atoms in total. The monoisotopic (exact) mass is 367 g/mol. The van der Waals surface area contributed by atoms with Gasteiger partial charge in [-0.25, -0.2) is 4.79 Å². The van der Waals surface area contributed by atoms with E-state index >= 15 is 0 Å². The van der Waals surface area contributed by atoms with Gasteiger partial charge in [-0.2, -0.15) is 5.10 Å². The zero-order valence-electron chi connectivity index (χ0n) is 14.8. The highest BCUT2D eigenvalue weighted by atomic mass is 16.5. The summed E-state index contributed by atoms with van der Waals surface area (Å²) in [5, 5.41) is 6.80. The van der Waals surface area contributed by atoms with Crippen LogP contribution in [0.15, 0.2) is 65.3 Å². The van der Waals surface area contributed by atoms with Gasteiger partial charge in [0.1, 0.15) is 5.76 Å². The number of hydrogen-bond acceptors (Lipinski definition) is 5. The number of aromatic nitrogens is 2. The Morgan fingerprint density at radius 1 is 1.11 bits per heavy atom. The van der Waals surface area contributed by atoms with Crippen LogP contribution in [-0.2, 0) is 22.5 Å². The van der Waals surface area contributed by atoms with Gasteiger partial charge < -0.3 is 14.5 Å². The predicted octanol–water partition coefficient (Wildman–Crippen LogP) is 2.43. The molecule has 0 unspecified atom stereocenters. The Bertz CT molecular complexity index is 857. The molecule has 0 bridgehead atoms. The third-order valence-electron chi connectivity index (χ3n) is 3.88. The maximum atomic E-state index is 12.0. The number of nitrogens with zero attached hydrogens (tertiary/aromatic N) is 2. The summed E-state index contributed by atoms with van der Waals surface area (Å²) in [6.07, 6.45) is 5.16. The third-order valence-corrected chi connectivity index (χ3v) is 3.88. The minimum Gasteiger partial charge on any atom is -0.452 e. The summed E-state index contributed by atoms with van der Waals surface area (Å²) in [7, 11) is 0. The van der Waals surface area contributed by atoms with Crippen molar-refractivity contribution in [2.24, 2.45) is 0 Å². The number of furan rings is 1. The van der Waals surface area contributed by atoms with Crippen molar-refractivity contribution in [1.29, 1.82) is 0 Å². The van der Waals surface area contributed by atoms with E-state index < -0.39 is 5.97 Å². The van der Waals surface area contributed by atoms with Gasteiger partial charge in [0.15, 0.2) is 6.61 Å². The van der Waals surface area contributed by atoms with Crippen molar-refractivity contribution in [2.75, 3.05) is 13.2 Å². The van der Waals surface area contributed by atoms with Crippen LogP contribution in [-0.4, -0.2) is 34.8 Å². The van der Waals surface area contributed by atoms with Crippen LogP contribution in [0.25, 0.3) is 0 Å². The van der Waals surface area contributed by atoms with Gasteiger partial charge in [-0.3, -0.25) is 9.48 Å². The van der Waals surface area contributed by atoms with Crippen LogP contribution in [0.5, 0.6) is 0 Å². The van der Waals surface area contributed by atoms with Crippen LogP contribution in [0.3, 0.4) is 0 Å². The smallest absolute Gasteiger partial charge is 0.374 e. The first kappa shape index (κ1) is 18.4. The Kier molecular flexibility index (Phi) is 6.40. The number of carbonyl (C=O) groups excluding carboxylic acids is 2. The lowest BCUT2D eigenvalue weighted by Crippen LogP contribution is -2.29. The Morgan fingerprint density at radius 2 is 1.96 bits per heavy atom. The molecule has 140 valence electrons. The molecule has 0 radical (unpaired) electrons. The highest BCUT2D eigenvalue weighted by Crippen LogP contribution is 2.10. The Labute approximate surface area is 156 Å². The van der Waals surface area contributed by atoms with Crippen molar-refractivity contribution in [3.63, 3.8) is 0 Å². The molecule has 27 heavy (non-hydrogen) atoms. The number of aryl methyl sites for hydroxylation is 1. The molecule has 0 fully saturated rings. The van der Waals surface area contributed by atoms with Crippen LogP contribution in [0.2, 0.25) is 0 Å². The lowest BCUT2D eigenvalue weighted by atomic mass is 10.1.